The Balaban J connectivity index is 2.74. The molecule has 0 radical (unpaired) electrons. The summed E-state index contributed by atoms with van der Waals surface area (Å²) in [6, 6.07) is 0. The maximum Gasteiger partial charge on any atom is 0.282 e. The molecule has 12 heavy (non-hydrogen) atoms. The van der Waals surface area contributed by atoms with Crippen LogP contribution in [-0.4, -0.2) is 32.2 Å². The van der Waals surface area contributed by atoms with Crippen molar-refractivity contribution >= 4 is 5.91 Å². The van der Waals surface area contributed by atoms with Crippen LogP contribution in [0.5, 0.6) is 0 Å². The van der Waals surface area contributed by atoms with Crippen molar-refractivity contribution in [2.45, 2.75) is 12.1 Å². The molecule has 5 heteroatoms. The molecule has 5 nitrogen and oxygen atoms in total. The van der Waals surface area contributed by atoms with Crippen LogP contribution in [0.15, 0.2) is 12.2 Å². The van der Waals surface area contributed by atoms with Crippen molar-refractivity contribution in [1.82, 2.24) is 0 Å². The molecule has 0 aromatic rings. The van der Waals surface area contributed by atoms with Gasteiger partial charge in [-0.05, 0) is 12.2 Å². The number of carbonyl (C=O) groups excluding carboxylic acids is 1. The average Bonchev–Trinajstić information content (AvgIpc) is 2.48. The van der Waals surface area contributed by atoms with Crippen LogP contribution in [0.4, 0.5) is 0 Å². The zero-order chi connectivity index (χ0) is 9.19. The molecule has 0 aliphatic carbocycles. The van der Waals surface area contributed by atoms with E-state index in [4.69, 9.17) is 19.9 Å². The first-order chi connectivity index (χ1) is 5.64. The van der Waals surface area contributed by atoms with E-state index in [1.807, 2.05) is 0 Å². The van der Waals surface area contributed by atoms with Gasteiger partial charge in [0, 0.05) is 14.2 Å². The molecule has 0 spiro atoms. The molecule has 1 aliphatic heterocycles. The van der Waals surface area contributed by atoms with Gasteiger partial charge in [0.05, 0.1) is 0 Å². The van der Waals surface area contributed by atoms with Gasteiger partial charge in [-0.15, -0.1) is 0 Å². The molecule has 0 aromatic heterocycles. The SMILES string of the molecule is CO[C@@H]1C=C[C@@](OC)(C(N)=O)O1. The summed E-state index contributed by atoms with van der Waals surface area (Å²) in [4.78, 5) is 10.9. The van der Waals surface area contributed by atoms with E-state index in [2.05, 4.69) is 0 Å². The number of hydrogen-bond acceptors (Lipinski definition) is 4. The highest BCUT2D eigenvalue weighted by Gasteiger charge is 2.41. The number of rotatable bonds is 3. The van der Waals surface area contributed by atoms with E-state index in [9.17, 15) is 4.79 Å². The first-order valence-corrected chi connectivity index (χ1v) is 3.39. The molecule has 68 valence electrons. The fourth-order valence-electron chi connectivity index (χ4n) is 0.940. The Morgan fingerprint density at radius 1 is 1.67 bits per heavy atom. The molecular formula is C7H11NO4. The minimum absolute atomic E-state index is 0.572. The zero-order valence-electron chi connectivity index (χ0n) is 6.94. The van der Waals surface area contributed by atoms with Crippen LogP contribution >= 0.6 is 0 Å². The van der Waals surface area contributed by atoms with Gasteiger partial charge in [-0.3, -0.25) is 4.79 Å². The lowest BCUT2D eigenvalue weighted by Gasteiger charge is -2.22. The van der Waals surface area contributed by atoms with Crippen LogP contribution in [0.25, 0.3) is 0 Å². The highest BCUT2D eigenvalue weighted by Crippen LogP contribution is 2.23. The van der Waals surface area contributed by atoms with Crippen molar-refractivity contribution < 1.29 is 19.0 Å². The number of primary amides is 1. The van der Waals surface area contributed by atoms with Crippen molar-refractivity contribution in [3.8, 4) is 0 Å². The number of hydrogen-bond donors (Lipinski definition) is 1. The normalized spacial score (nSPS) is 34.0. The van der Waals surface area contributed by atoms with Gasteiger partial charge in [0.15, 0.2) is 6.29 Å². The summed E-state index contributed by atoms with van der Waals surface area (Å²) in [5, 5.41) is 0. The second-order valence-corrected chi connectivity index (χ2v) is 2.32. The summed E-state index contributed by atoms with van der Waals surface area (Å²) < 4.78 is 14.7. The fraction of sp³-hybridized carbons (Fsp3) is 0.571. The first kappa shape index (κ1) is 9.18. The molecule has 1 rings (SSSR count). The van der Waals surface area contributed by atoms with Crippen molar-refractivity contribution in [3.05, 3.63) is 12.2 Å². The Morgan fingerprint density at radius 3 is 2.58 bits per heavy atom. The molecular weight excluding hydrogens is 162 g/mol. The van der Waals surface area contributed by atoms with Gasteiger partial charge in [0.25, 0.3) is 11.7 Å². The number of carbonyl (C=O) groups is 1. The maximum absolute atomic E-state index is 10.9. The standard InChI is InChI=1S/C7H11NO4/c1-10-5-3-4-7(11-2,12-5)6(8)9/h3-5H,1-2H3,(H2,8,9)/t5-,7-/m0/s1. The minimum Gasteiger partial charge on any atom is -0.365 e. The summed E-state index contributed by atoms with van der Waals surface area (Å²) in [6.07, 6.45) is 2.43. The van der Waals surface area contributed by atoms with Crippen molar-refractivity contribution in [2.24, 2.45) is 5.73 Å². The Bertz CT molecular complexity index is 215. The molecule has 0 fully saturated rings. The monoisotopic (exact) mass is 173 g/mol. The van der Waals surface area contributed by atoms with Crippen molar-refractivity contribution in [1.29, 1.82) is 0 Å². The number of nitrogens with two attached hydrogens (primary N) is 1. The van der Waals surface area contributed by atoms with Gasteiger partial charge in [-0.25, -0.2) is 0 Å². The summed E-state index contributed by atoms with van der Waals surface area (Å²) in [7, 11) is 2.80. The van der Waals surface area contributed by atoms with Crippen LogP contribution in [0.3, 0.4) is 0 Å². The largest absolute Gasteiger partial charge is 0.365 e. The Kier molecular flexibility index (Phi) is 2.46. The highest BCUT2D eigenvalue weighted by molar-refractivity contribution is 5.84. The van der Waals surface area contributed by atoms with E-state index in [1.165, 1.54) is 20.3 Å². The predicted octanol–water partition coefficient (Wildman–Crippen LogP) is -0.627. The van der Waals surface area contributed by atoms with E-state index < -0.39 is 18.0 Å². The van der Waals surface area contributed by atoms with Crippen LogP contribution in [0.1, 0.15) is 0 Å². The average molecular weight is 173 g/mol. The highest BCUT2D eigenvalue weighted by atomic mass is 16.8. The predicted molar refractivity (Wildman–Crippen MR) is 40.0 cm³/mol. The summed E-state index contributed by atoms with van der Waals surface area (Å²) >= 11 is 0. The fourth-order valence-corrected chi connectivity index (χ4v) is 0.940. The number of amides is 1. The van der Waals surface area contributed by atoms with Crippen LogP contribution in [0.2, 0.25) is 0 Å². The third-order valence-corrected chi connectivity index (χ3v) is 1.64. The molecule has 2 atom stereocenters. The van der Waals surface area contributed by atoms with Gasteiger partial charge in [0.2, 0.25) is 0 Å². The summed E-state index contributed by atoms with van der Waals surface area (Å²) in [5.41, 5.74) is 5.06. The van der Waals surface area contributed by atoms with Crippen molar-refractivity contribution in [2.75, 3.05) is 14.2 Å². The Hall–Kier alpha value is -0.910. The van der Waals surface area contributed by atoms with Crippen LogP contribution < -0.4 is 5.73 Å². The lowest BCUT2D eigenvalue weighted by molar-refractivity contribution is -0.233. The molecule has 2 N–H and O–H groups in total. The topological polar surface area (TPSA) is 70.8 Å². The molecule has 1 heterocycles. The van der Waals surface area contributed by atoms with Crippen LogP contribution in [-0.2, 0) is 19.0 Å². The molecule has 0 aromatic carbocycles. The van der Waals surface area contributed by atoms with E-state index in [1.54, 1.807) is 6.08 Å². The van der Waals surface area contributed by atoms with E-state index in [-0.39, 0.29) is 0 Å². The maximum atomic E-state index is 10.9. The second kappa shape index (κ2) is 3.22. The number of methoxy groups -OCH3 is 2. The van der Waals surface area contributed by atoms with Gasteiger partial charge < -0.3 is 19.9 Å². The lowest BCUT2D eigenvalue weighted by atomic mass is 10.2. The molecule has 1 amide bonds. The van der Waals surface area contributed by atoms with Crippen LogP contribution in [0, 0.1) is 0 Å². The van der Waals surface area contributed by atoms with E-state index in [0.717, 1.165) is 0 Å². The molecule has 1 aliphatic rings. The van der Waals surface area contributed by atoms with E-state index in [0.29, 0.717) is 0 Å². The van der Waals surface area contributed by atoms with Gasteiger partial charge in [-0.1, -0.05) is 0 Å². The number of ether oxygens (including phenoxy) is 3. The lowest BCUT2D eigenvalue weighted by Crippen LogP contribution is -2.45. The zero-order valence-corrected chi connectivity index (χ0v) is 6.94. The summed E-state index contributed by atoms with van der Waals surface area (Å²) in [5.74, 6) is -2.15. The Morgan fingerprint density at radius 2 is 2.33 bits per heavy atom. The quantitative estimate of drug-likeness (QED) is 0.577. The third kappa shape index (κ3) is 1.34. The summed E-state index contributed by atoms with van der Waals surface area (Å²) in [6.45, 7) is 0. The van der Waals surface area contributed by atoms with Gasteiger partial charge >= 0.3 is 0 Å². The van der Waals surface area contributed by atoms with Gasteiger partial charge in [-0.2, -0.15) is 0 Å². The Labute approximate surface area is 70.1 Å². The molecule has 0 saturated carbocycles. The second-order valence-electron chi connectivity index (χ2n) is 2.32. The van der Waals surface area contributed by atoms with Crippen molar-refractivity contribution in [3.63, 3.8) is 0 Å². The molecule has 0 saturated heterocycles. The van der Waals surface area contributed by atoms with Gasteiger partial charge in [0.1, 0.15) is 0 Å². The smallest absolute Gasteiger partial charge is 0.282 e. The third-order valence-electron chi connectivity index (χ3n) is 1.64. The van der Waals surface area contributed by atoms with E-state index >= 15 is 0 Å². The molecule has 0 bridgehead atoms. The first-order valence-electron chi connectivity index (χ1n) is 3.39. The minimum atomic E-state index is -1.46. The molecule has 0 unspecified atom stereocenters.